The number of ether oxygens (including phenoxy) is 1. The van der Waals surface area contributed by atoms with Crippen LogP contribution in [0.4, 0.5) is 0 Å². The molecule has 0 atom stereocenters. The van der Waals surface area contributed by atoms with Crippen molar-refractivity contribution in [3.63, 3.8) is 0 Å². The van der Waals surface area contributed by atoms with Crippen LogP contribution in [0.25, 0.3) is 16.7 Å². The quantitative estimate of drug-likeness (QED) is 0.0695. The van der Waals surface area contributed by atoms with E-state index >= 15 is 0 Å². The Kier molecular flexibility index (Phi) is 13.8. The number of aromatic nitrogens is 3. The number of unbranched alkanes of at least 4 members (excludes halogenated alkanes) is 1. The van der Waals surface area contributed by atoms with Gasteiger partial charge < -0.3 is 32.2 Å². The van der Waals surface area contributed by atoms with Crippen LogP contribution in [0.15, 0.2) is 58.4 Å². The smallest absolute Gasteiger partial charge is 0.354 e. The molecule has 262 valence electrons. The normalized spacial score (nSPS) is 11.7. The molecule has 0 amide bonds. The number of hydrogen-bond donors (Lipinski definition) is 5. The standard InChI is InChI=1S/C21H29N7O.C17H29NO/c1-21(2,3)17-11-15-13-28(20(29)27-18(15)26-17)16-7-5-14(6-8-16)12-24-9-4-10-25-19(22)23;1-6-19-16-12-14(9-7-8-10-18)11-15(13(16)2)17(3,4)5/h5-8,11,13,24H,4,9-10,12H2,1-3H3,(H4,22,23,25)(H,26,27,29);11-12H,6-10,18H2,1-5H3. The second-order valence-electron chi connectivity index (χ2n) is 14.3. The zero-order valence-electron chi connectivity index (χ0n) is 30.4. The van der Waals surface area contributed by atoms with Gasteiger partial charge in [0.05, 0.1) is 12.3 Å². The zero-order chi connectivity index (χ0) is 35.5. The number of nitrogens with zero attached hydrogens (tertiary/aromatic N) is 3. The summed E-state index contributed by atoms with van der Waals surface area (Å²) in [5.74, 6) is 1.16. The molecular weight excluding hydrogens is 600 g/mol. The van der Waals surface area contributed by atoms with E-state index in [0.29, 0.717) is 12.2 Å². The summed E-state index contributed by atoms with van der Waals surface area (Å²) in [6.45, 7) is 21.0. The second kappa shape index (κ2) is 17.3. The van der Waals surface area contributed by atoms with Gasteiger partial charge in [-0.05, 0) is 105 Å². The molecule has 4 aromatic rings. The molecule has 0 aliphatic rings. The van der Waals surface area contributed by atoms with Crippen molar-refractivity contribution in [1.29, 1.82) is 0 Å². The maximum absolute atomic E-state index is 12.5. The molecule has 48 heavy (non-hydrogen) atoms. The van der Waals surface area contributed by atoms with Gasteiger partial charge in [0, 0.05) is 35.8 Å². The van der Waals surface area contributed by atoms with Crippen molar-refractivity contribution in [3.05, 3.63) is 87.1 Å². The molecule has 4 rings (SSSR count). The SMILES string of the molecule is CC(C)(C)c1cc2cn(-c3ccc(CNCCCN=C(N)N)cc3)c(=O)nc2[nH]1.CCOc1cc(CCCCN)cc(C(C)(C)C)c1C. The van der Waals surface area contributed by atoms with E-state index in [9.17, 15) is 4.79 Å². The summed E-state index contributed by atoms with van der Waals surface area (Å²) in [5.41, 5.74) is 23.6. The van der Waals surface area contributed by atoms with Gasteiger partial charge in [-0.3, -0.25) is 9.56 Å². The third-order valence-electron chi connectivity index (χ3n) is 8.11. The molecule has 10 nitrogen and oxygen atoms in total. The van der Waals surface area contributed by atoms with Gasteiger partial charge in [0.15, 0.2) is 5.96 Å². The Morgan fingerprint density at radius 3 is 2.29 bits per heavy atom. The molecule has 0 saturated carbocycles. The number of benzene rings is 2. The number of nitrogens with two attached hydrogens (primary N) is 3. The topological polar surface area (TPSA) is 162 Å². The highest BCUT2D eigenvalue weighted by molar-refractivity contribution is 5.76. The molecule has 0 aliphatic carbocycles. The van der Waals surface area contributed by atoms with Gasteiger partial charge in [-0.25, -0.2) is 4.79 Å². The number of guanidine groups is 1. The molecule has 10 heteroatoms. The Balaban J connectivity index is 0.000000286. The summed E-state index contributed by atoms with van der Waals surface area (Å²) in [5, 5.41) is 4.27. The Bertz CT molecular complexity index is 1690. The molecule has 8 N–H and O–H groups in total. The lowest BCUT2D eigenvalue weighted by atomic mass is 9.82. The van der Waals surface area contributed by atoms with Crippen molar-refractivity contribution in [2.45, 2.75) is 98.4 Å². The van der Waals surface area contributed by atoms with Gasteiger partial charge in [-0.1, -0.05) is 59.7 Å². The minimum absolute atomic E-state index is 0.0352. The van der Waals surface area contributed by atoms with E-state index in [1.807, 2.05) is 37.4 Å². The van der Waals surface area contributed by atoms with E-state index in [2.05, 4.69) is 86.9 Å². The average molecular weight is 659 g/mol. The largest absolute Gasteiger partial charge is 0.494 e. The van der Waals surface area contributed by atoms with Crippen LogP contribution < -0.4 is 32.9 Å². The lowest BCUT2D eigenvalue weighted by Crippen LogP contribution is -2.23. The fourth-order valence-electron chi connectivity index (χ4n) is 5.45. The highest BCUT2D eigenvalue weighted by Gasteiger charge is 2.20. The van der Waals surface area contributed by atoms with Gasteiger partial charge in [0.1, 0.15) is 11.4 Å². The van der Waals surface area contributed by atoms with E-state index in [-0.39, 0.29) is 22.5 Å². The first-order valence-corrected chi connectivity index (χ1v) is 17.1. The molecule has 0 aliphatic heterocycles. The predicted molar refractivity (Wildman–Crippen MR) is 200 cm³/mol. The number of nitrogens with one attached hydrogen (secondary N) is 2. The first kappa shape index (κ1) is 38.3. The number of H-pyrrole nitrogens is 1. The third-order valence-corrected chi connectivity index (χ3v) is 8.11. The van der Waals surface area contributed by atoms with E-state index in [1.54, 1.807) is 4.57 Å². The summed E-state index contributed by atoms with van der Waals surface area (Å²) >= 11 is 0. The Hall–Kier alpha value is -4.15. The minimum atomic E-state index is -0.301. The number of aryl methyl sites for hydroxylation is 1. The number of aromatic amines is 1. The Morgan fingerprint density at radius 2 is 1.69 bits per heavy atom. The van der Waals surface area contributed by atoms with Crippen LogP contribution in [0, 0.1) is 6.92 Å². The Morgan fingerprint density at radius 1 is 0.979 bits per heavy atom. The van der Waals surface area contributed by atoms with Crippen molar-refractivity contribution >= 4 is 17.0 Å². The molecule has 2 heterocycles. The van der Waals surface area contributed by atoms with Crippen LogP contribution in [0.1, 0.15) is 95.7 Å². The first-order chi connectivity index (χ1) is 22.6. The number of aliphatic imine (C=N–C) groups is 1. The highest BCUT2D eigenvalue weighted by Crippen LogP contribution is 2.33. The maximum atomic E-state index is 12.5. The average Bonchev–Trinajstić information content (AvgIpc) is 3.44. The first-order valence-electron chi connectivity index (χ1n) is 17.1. The lowest BCUT2D eigenvalue weighted by molar-refractivity contribution is 0.336. The van der Waals surface area contributed by atoms with Crippen molar-refractivity contribution in [1.82, 2.24) is 19.9 Å². The third kappa shape index (κ3) is 11.2. The Labute approximate surface area is 286 Å². The van der Waals surface area contributed by atoms with E-state index in [4.69, 9.17) is 21.9 Å². The molecule has 0 unspecified atom stereocenters. The molecular formula is C38H58N8O2. The summed E-state index contributed by atoms with van der Waals surface area (Å²) in [6, 6.07) is 14.5. The van der Waals surface area contributed by atoms with Crippen molar-refractivity contribution in [2.24, 2.45) is 22.2 Å². The summed E-state index contributed by atoms with van der Waals surface area (Å²) in [7, 11) is 0. The van der Waals surface area contributed by atoms with Gasteiger partial charge in [-0.2, -0.15) is 4.98 Å². The summed E-state index contributed by atoms with van der Waals surface area (Å²) in [4.78, 5) is 23.9. The second-order valence-corrected chi connectivity index (χ2v) is 14.3. The molecule has 2 aromatic heterocycles. The van der Waals surface area contributed by atoms with Gasteiger partial charge in [0.2, 0.25) is 0 Å². The highest BCUT2D eigenvalue weighted by atomic mass is 16.5. The summed E-state index contributed by atoms with van der Waals surface area (Å²) < 4.78 is 7.37. The number of hydrogen-bond acceptors (Lipinski definition) is 6. The van der Waals surface area contributed by atoms with Crippen molar-refractivity contribution < 1.29 is 4.74 Å². The van der Waals surface area contributed by atoms with Crippen LogP contribution in [0.5, 0.6) is 5.75 Å². The van der Waals surface area contributed by atoms with Crippen LogP contribution in [-0.4, -0.2) is 46.7 Å². The fraction of sp³-hybridized carbons (Fsp3) is 0.500. The fourth-order valence-corrected chi connectivity index (χ4v) is 5.45. The summed E-state index contributed by atoms with van der Waals surface area (Å²) in [6.07, 6.45) is 6.02. The maximum Gasteiger partial charge on any atom is 0.354 e. The van der Waals surface area contributed by atoms with Crippen molar-refractivity contribution in [2.75, 3.05) is 26.2 Å². The van der Waals surface area contributed by atoms with Crippen LogP contribution in [0.3, 0.4) is 0 Å². The predicted octanol–water partition coefficient (Wildman–Crippen LogP) is 5.74. The molecule has 0 spiro atoms. The molecule has 0 saturated heterocycles. The zero-order valence-corrected chi connectivity index (χ0v) is 30.4. The molecule has 0 radical (unpaired) electrons. The van der Waals surface area contributed by atoms with Crippen molar-refractivity contribution in [3.8, 4) is 11.4 Å². The van der Waals surface area contributed by atoms with Gasteiger partial charge in [0.25, 0.3) is 0 Å². The van der Waals surface area contributed by atoms with Gasteiger partial charge in [-0.15, -0.1) is 0 Å². The minimum Gasteiger partial charge on any atom is -0.494 e. The lowest BCUT2D eigenvalue weighted by Gasteiger charge is -2.24. The molecule has 0 bridgehead atoms. The number of rotatable bonds is 13. The molecule has 0 fully saturated rings. The number of fused-ring (bicyclic) bond motifs is 1. The monoisotopic (exact) mass is 658 g/mol. The van der Waals surface area contributed by atoms with E-state index in [0.717, 1.165) is 80.0 Å². The van der Waals surface area contributed by atoms with Crippen LogP contribution in [0.2, 0.25) is 0 Å². The van der Waals surface area contributed by atoms with E-state index < -0.39 is 0 Å². The van der Waals surface area contributed by atoms with Gasteiger partial charge >= 0.3 is 5.69 Å². The van der Waals surface area contributed by atoms with E-state index in [1.165, 1.54) is 16.7 Å². The molecule has 2 aromatic carbocycles. The van der Waals surface area contributed by atoms with Crippen LogP contribution >= 0.6 is 0 Å². The van der Waals surface area contributed by atoms with Crippen LogP contribution in [-0.2, 0) is 23.8 Å².